The molecule has 1 atom stereocenters. The van der Waals surface area contributed by atoms with Crippen LogP contribution < -0.4 is 14.4 Å². The maximum absolute atomic E-state index is 13.6. The minimum Gasteiger partial charge on any atom is -0.454 e. The minimum atomic E-state index is -4.05. The van der Waals surface area contributed by atoms with E-state index in [0.29, 0.717) is 22.7 Å². The summed E-state index contributed by atoms with van der Waals surface area (Å²) in [5, 5.41) is 1.65. The molecular formula is C22H17BrN2O6S2. The molecule has 0 spiro atoms. The van der Waals surface area contributed by atoms with Gasteiger partial charge in [0.05, 0.1) is 12.1 Å². The van der Waals surface area contributed by atoms with E-state index in [1.807, 2.05) is 0 Å². The summed E-state index contributed by atoms with van der Waals surface area (Å²) in [4.78, 5) is 27.3. The second-order valence-electron chi connectivity index (χ2n) is 7.43. The number of rotatable bonds is 6. The smallest absolute Gasteiger partial charge is 0.253 e. The molecule has 2 aliphatic heterocycles. The summed E-state index contributed by atoms with van der Waals surface area (Å²) in [5.74, 6) is 0.0406. The monoisotopic (exact) mass is 548 g/mol. The first-order valence-corrected chi connectivity index (χ1v) is 13.0. The van der Waals surface area contributed by atoms with E-state index in [2.05, 4.69) is 15.9 Å². The predicted octanol–water partition coefficient (Wildman–Crippen LogP) is 3.76. The molecule has 0 N–H and O–H groups in total. The molecule has 0 radical (unpaired) electrons. The van der Waals surface area contributed by atoms with Gasteiger partial charge in [-0.05, 0) is 53.4 Å². The highest BCUT2D eigenvalue weighted by molar-refractivity contribution is 9.10. The van der Waals surface area contributed by atoms with Crippen LogP contribution in [0.15, 0.2) is 68.7 Å². The molecule has 2 aliphatic rings. The first-order chi connectivity index (χ1) is 15.8. The van der Waals surface area contributed by atoms with Crippen LogP contribution in [0.3, 0.4) is 0 Å². The van der Waals surface area contributed by atoms with Crippen LogP contribution in [-0.4, -0.2) is 37.4 Å². The Bertz CT molecular complexity index is 1330. The summed E-state index contributed by atoms with van der Waals surface area (Å²) in [5.41, 5.74) is 1.01. The number of carbonyl (C=O) groups excluding carboxylic acids is 2. The van der Waals surface area contributed by atoms with Gasteiger partial charge >= 0.3 is 0 Å². The molecule has 3 aromatic rings. The van der Waals surface area contributed by atoms with Crippen LogP contribution in [0.2, 0.25) is 0 Å². The summed E-state index contributed by atoms with van der Waals surface area (Å²) in [6.07, 6.45) is -0.246. The van der Waals surface area contributed by atoms with Gasteiger partial charge in [0, 0.05) is 11.0 Å². The van der Waals surface area contributed by atoms with Crippen LogP contribution in [0.4, 0.5) is 5.69 Å². The number of imide groups is 1. The fourth-order valence-corrected chi connectivity index (χ4v) is 6.76. The van der Waals surface area contributed by atoms with Crippen molar-refractivity contribution in [2.24, 2.45) is 0 Å². The van der Waals surface area contributed by atoms with Crippen molar-refractivity contribution in [3.63, 3.8) is 0 Å². The van der Waals surface area contributed by atoms with Crippen molar-refractivity contribution in [3.8, 4) is 11.5 Å². The van der Waals surface area contributed by atoms with Gasteiger partial charge in [0.25, 0.3) is 15.9 Å². The Morgan fingerprint density at radius 2 is 1.82 bits per heavy atom. The van der Waals surface area contributed by atoms with E-state index in [0.717, 1.165) is 25.0 Å². The van der Waals surface area contributed by atoms with Crippen LogP contribution in [0, 0.1) is 0 Å². The van der Waals surface area contributed by atoms with Crippen molar-refractivity contribution in [1.29, 1.82) is 0 Å². The number of hydrogen-bond acceptors (Lipinski definition) is 7. The average molecular weight is 549 g/mol. The topological polar surface area (TPSA) is 93.2 Å². The molecule has 2 aromatic carbocycles. The summed E-state index contributed by atoms with van der Waals surface area (Å²) in [6, 6.07) is 13.8. The molecule has 8 nitrogen and oxygen atoms in total. The van der Waals surface area contributed by atoms with Gasteiger partial charge < -0.3 is 9.47 Å². The van der Waals surface area contributed by atoms with E-state index >= 15 is 0 Å². The van der Waals surface area contributed by atoms with Crippen molar-refractivity contribution in [1.82, 2.24) is 4.31 Å². The summed E-state index contributed by atoms with van der Waals surface area (Å²) in [7, 11) is -4.05. The average Bonchev–Trinajstić information content (AvgIpc) is 3.54. The van der Waals surface area contributed by atoms with Crippen molar-refractivity contribution >= 4 is 54.8 Å². The van der Waals surface area contributed by atoms with Crippen LogP contribution in [0.1, 0.15) is 12.0 Å². The van der Waals surface area contributed by atoms with Gasteiger partial charge in [-0.3, -0.25) is 9.59 Å². The molecule has 0 aliphatic carbocycles. The number of nitrogens with zero attached hydrogens (tertiary/aromatic N) is 2. The van der Waals surface area contributed by atoms with E-state index < -0.39 is 27.9 Å². The molecule has 5 rings (SSSR count). The highest BCUT2D eigenvalue weighted by Gasteiger charge is 2.47. The summed E-state index contributed by atoms with van der Waals surface area (Å²) >= 11 is 4.39. The molecule has 3 heterocycles. The van der Waals surface area contributed by atoms with E-state index in [1.54, 1.807) is 53.9 Å². The van der Waals surface area contributed by atoms with E-state index in [4.69, 9.17) is 9.47 Å². The van der Waals surface area contributed by atoms with Crippen molar-refractivity contribution < 1.29 is 27.5 Å². The second kappa shape index (κ2) is 8.56. The molecule has 2 amide bonds. The van der Waals surface area contributed by atoms with E-state index in [1.165, 1.54) is 6.07 Å². The number of anilines is 1. The lowest BCUT2D eigenvalue weighted by Crippen LogP contribution is -2.44. The molecule has 1 fully saturated rings. The largest absolute Gasteiger partial charge is 0.454 e. The van der Waals surface area contributed by atoms with Crippen molar-refractivity contribution in [2.75, 3.05) is 11.7 Å². The van der Waals surface area contributed by atoms with Gasteiger partial charge in [-0.15, -0.1) is 11.3 Å². The number of halogens is 1. The van der Waals surface area contributed by atoms with Crippen LogP contribution in [0.5, 0.6) is 11.5 Å². The Morgan fingerprint density at radius 1 is 1.06 bits per heavy atom. The number of sulfonamides is 1. The van der Waals surface area contributed by atoms with Gasteiger partial charge in [0.1, 0.15) is 10.3 Å². The van der Waals surface area contributed by atoms with Crippen molar-refractivity contribution in [3.05, 3.63) is 70.0 Å². The van der Waals surface area contributed by atoms with Crippen LogP contribution in [-0.2, 0) is 26.2 Å². The van der Waals surface area contributed by atoms with Crippen LogP contribution in [0.25, 0.3) is 0 Å². The Balaban J connectivity index is 1.52. The zero-order chi connectivity index (χ0) is 23.2. The highest BCUT2D eigenvalue weighted by atomic mass is 79.9. The molecule has 0 saturated carbocycles. The molecule has 1 aromatic heterocycles. The van der Waals surface area contributed by atoms with Crippen LogP contribution >= 0.6 is 27.3 Å². The van der Waals surface area contributed by atoms with Crippen molar-refractivity contribution in [2.45, 2.75) is 23.2 Å². The number of benzene rings is 2. The maximum Gasteiger partial charge on any atom is 0.253 e. The Kier molecular flexibility index (Phi) is 5.73. The second-order valence-corrected chi connectivity index (χ2v) is 11.4. The van der Waals surface area contributed by atoms with E-state index in [9.17, 15) is 18.0 Å². The SMILES string of the molecule is O=C1CC(N(Cc2ccc3c(c2)OCO3)S(=O)(=O)c2cccs2)C(=O)N1c1ccc(Br)cc1. The highest BCUT2D eigenvalue weighted by Crippen LogP contribution is 2.36. The summed E-state index contributed by atoms with van der Waals surface area (Å²) in [6.45, 7) is -0.0114. The molecule has 11 heteroatoms. The number of ether oxygens (including phenoxy) is 2. The third kappa shape index (κ3) is 4.05. The van der Waals surface area contributed by atoms with E-state index in [-0.39, 0.29) is 24.0 Å². The lowest BCUT2D eigenvalue weighted by atomic mass is 10.1. The number of hydrogen-bond donors (Lipinski definition) is 0. The molecule has 33 heavy (non-hydrogen) atoms. The molecule has 1 unspecified atom stereocenters. The number of carbonyl (C=O) groups is 2. The third-order valence-corrected chi connectivity index (χ3v) is 9.15. The quantitative estimate of drug-likeness (QED) is 0.435. The normalized spacial score (nSPS) is 17.9. The Labute approximate surface area is 202 Å². The number of thiophene rings is 1. The predicted molar refractivity (Wildman–Crippen MR) is 125 cm³/mol. The third-order valence-electron chi connectivity index (χ3n) is 5.39. The van der Waals surface area contributed by atoms with Gasteiger partial charge in [0.15, 0.2) is 11.5 Å². The minimum absolute atomic E-state index is 0.0910. The zero-order valence-corrected chi connectivity index (χ0v) is 20.2. The number of amides is 2. The molecule has 170 valence electrons. The maximum atomic E-state index is 13.6. The molecule has 1 saturated heterocycles. The lowest BCUT2D eigenvalue weighted by molar-refractivity contribution is -0.122. The first-order valence-electron chi connectivity index (χ1n) is 9.91. The van der Waals surface area contributed by atoms with Gasteiger partial charge in [-0.25, -0.2) is 13.3 Å². The fraction of sp³-hybridized carbons (Fsp3) is 0.182. The van der Waals surface area contributed by atoms with Gasteiger partial charge in [0.2, 0.25) is 12.7 Å². The number of fused-ring (bicyclic) bond motifs is 1. The first kappa shape index (κ1) is 22.1. The lowest BCUT2D eigenvalue weighted by Gasteiger charge is -2.26. The Morgan fingerprint density at radius 3 is 2.55 bits per heavy atom. The fourth-order valence-electron chi connectivity index (χ4n) is 3.81. The zero-order valence-electron chi connectivity index (χ0n) is 17.0. The standard InChI is InChI=1S/C22H17BrN2O6S2/c23-15-4-6-16(7-5-15)25-20(26)11-17(22(25)27)24(33(28,29)21-2-1-9-32-21)12-14-3-8-18-19(10-14)31-13-30-18/h1-10,17H,11-13H2. The molecule has 0 bridgehead atoms. The summed E-state index contributed by atoms with van der Waals surface area (Å²) < 4.78 is 39.8. The van der Waals surface area contributed by atoms with Gasteiger partial charge in [-0.2, -0.15) is 4.31 Å². The Hall–Kier alpha value is -2.73. The van der Waals surface area contributed by atoms with Gasteiger partial charge in [-0.1, -0.05) is 28.1 Å². The molecular weight excluding hydrogens is 532 g/mol.